The number of hydrogen-bond acceptors (Lipinski definition) is 4. The van der Waals surface area contributed by atoms with E-state index in [0.29, 0.717) is 10.9 Å². The molecule has 4 nitrogen and oxygen atoms in total. The van der Waals surface area contributed by atoms with Crippen LogP contribution in [0.2, 0.25) is 0 Å². The molecule has 1 aliphatic carbocycles. The van der Waals surface area contributed by atoms with Crippen LogP contribution in [0.3, 0.4) is 0 Å². The lowest BCUT2D eigenvalue weighted by molar-refractivity contribution is 0.507. The minimum absolute atomic E-state index is 0.153. The average Bonchev–Trinajstić information content (AvgIpc) is 3.30. The van der Waals surface area contributed by atoms with Gasteiger partial charge in [-0.15, -0.1) is 0 Å². The summed E-state index contributed by atoms with van der Waals surface area (Å²) in [6.45, 7) is 0.807. The second-order valence-electron chi connectivity index (χ2n) is 5.83. The zero-order valence-electron chi connectivity index (χ0n) is 12.0. The van der Waals surface area contributed by atoms with Crippen LogP contribution in [0.15, 0.2) is 29.2 Å². The van der Waals surface area contributed by atoms with Gasteiger partial charge >= 0.3 is 0 Å². The maximum Gasteiger partial charge on any atom is 0.240 e. The lowest BCUT2D eigenvalue weighted by Gasteiger charge is -2.22. The van der Waals surface area contributed by atoms with Gasteiger partial charge < -0.3 is 5.32 Å². The fourth-order valence-corrected chi connectivity index (χ4v) is 4.85. The summed E-state index contributed by atoms with van der Waals surface area (Å²) >= 11 is 2.01. The van der Waals surface area contributed by atoms with Crippen LogP contribution < -0.4 is 10.0 Å². The van der Waals surface area contributed by atoms with Crippen LogP contribution in [0.25, 0.3) is 0 Å². The quantitative estimate of drug-likeness (QED) is 0.841. The molecular weight excluding hydrogens is 304 g/mol. The van der Waals surface area contributed by atoms with Crippen LogP contribution in [0, 0.1) is 0 Å². The van der Waals surface area contributed by atoms with E-state index in [9.17, 15) is 8.42 Å². The van der Waals surface area contributed by atoms with Crippen molar-refractivity contribution in [1.29, 1.82) is 0 Å². The summed E-state index contributed by atoms with van der Waals surface area (Å²) in [5.41, 5.74) is 1.14. The molecular formula is C15H22N2O2S2. The fourth-order valence-electron chi connectivity index (χ4n) is 2.44. The van der Waals surface area contributed by atoms with Crippen molar-refractivity contribution in [2.45, 2.75) is 49.2 Å². The third-order valence-corrected chi connectivity index (χ3v) is 6.64. The summed E-state index contributed by atoms with van der Waals surface area (Å²) in [5, 5.41) is 3.55. The smallest absolute Gasteiger partial charge is 0.240 e. The van der Waals surface area contributed by atoms with Crippen LogP contribution in [0.1, 0.15) is 31.2 Å². The molecule has 1 saturated carbocycles. The van der Waals surface area contributed by atoms with Crippen molar-refractivity contribution in [3.05, 3.63) is 29.8 Å². The highest BCUT2D eigenvalue weighted by Crippen LogP contribution is 2.22. The highest BCUT2D eigenvalue weighted by Gasteiger charge is 2.27. The number of rotatable bonds is 6. The Kier molecular flexibility index (Phi) is 4.88. The SMILES string of the molecule is O=S(=O)(NC1CC1)c1ccc(CN[C@H]2CCCSC2)cc1. The molecule has 1 aromatic rings. The standard InChI is InChI=1S/C15H22N2O2S2/c18-21(19,17-13-5-6-13)15-7-3-12(4-8-15)10-16-14-2-1-9-20-11-14/h3-4,7-8,13-14,16-17H,1-2,5-6,9-11H2/t14-/m0/s1. The fraction of sp³-hybridized carbons (Fsp3) is 0.600. The predicted molar refractivity (Wildman–Crippen MR) is 87.0 cm³/mol. The molecule has 1 heterocycles. The molecule has 6 heteroatoms. The Morgan fingerprint density at radius 1 is 1.10 bits per heavy atom. The summed E-state index contributed by atoms with van der Waals surface area (Å²) in [7, 11) is -3.32. The number of hydrogen-bond donors (Lipinski definition) is 2. The number of nitrogens with one attached hydrogen (secondary N) is 2. The van der Waals surface area contributed by atoms with Crippen LogP contribution >= 0.6 is 11.8 Å². The van der Waals surface area contributed by atoms with Crippen molar-refractivity contribution in [2.24, 2.45) is 0 Å². The summed E-state index contributed by atoms with van der Waals surface area (Å²) in [5.74, 6) is 2.45. The van der Waals surface area contributed by atoms with Gasteiger partial charge in [0.05, 0.1) is 4.90 Å². The molecule has 1 saturated heterocycles. The van der Waals surface area contributed by atoms with Crippen LogP contribution in [0.5, 0.6) is 0 Å². The summed E-state index contributed by atoms with van der Waals surface area (Å²) < 4.78 is 26.8. The first-order valence-corrected chi connectivity index (χ1v) is 10.2. The molecule has 21 heavy (non-hydrogen) atoms. The first-order chi connectivity index (χ1) is 10.1. The van der Waals surface area contributed by atoms with Crippen molar-refractivity contribution in [2.75, 3.05) is 11.5 Å². The van der Waals surface area contributed by atoms with Gasteiger partial charge in [0.15, 0.2) is 0 Å². The number of sulfonamides is 1. The van der Waals surface area contributed by atoms with Crippen LogP contribution in [0.4, 0.5) is 0 Å². The molecule has 0 bridgehead atoms. The lowest BCUT2D eigenvalue weighted by Crippen LogP contribution is -2.33. The van der Waals surface area contributed by atoms with E-state index >= 15 is 0 Å². The maximum atomic E-state index is 12.1. The molecule has 116 valence electrons. The second-order valence-corrected chi connectivity index (χ2v) is 8.70. The molecule has 1 aromatic carbocycles. The molecule has 2 N–H and O–H groups in total. The molecule has 0 amide bonds. The largest absolute Gasteiger partial charge is 0.309 e. The van der Waals surface area contributed by atoms with Gasteiger partial charge in [-0.25, -0.2) is 13.1 Å². The highest BCUT2D eigenvalue weighted by atomic mass is 32.2. The first-order valence-electron chi connectivity index (χ1n) is 7.56. The zero-order chi connectivity index (χ0) is 14.7. The van der Waals surface area contributed by atoms with Gasteiger partial charge in [-0.3, -0.25) is 0 Å². The minimum atomic E-state index is -3.32. The topological polar surface area (TPSA) is 58.2 Å². The third-order valence-electron chi connectivity index (χ3n) is 3.89. The van der Waals surface area contributed by atoms with E-state index in [4.69, 9.17) is 0 Å². The Bertz CT molecular complexity index is 562. The number of benzene rings is 1. The van der Waals surface area contributed by atoms with Gasteiger partial charge in [-0.1, -0.05) is 12.1 Å². The lowest BCUT2D eigenvalue weighted by atomic mass is 10.1. The van der Waals surface area contributed by atoms with E-state index in [0.717, 1.165) is 24.9 Å². The maximum absolute atomic E-state index is 12.1. The normalized spacial score (nSPS) is 23.1. The highest BCUT2D eigenvalue weighted by molar-refractivity contribution is 7.99. The van der Waals surface area contributed by atoms with E-state index in [1.54, 1.807) is 12.1 Å². The molecule has 0 radical (unpaired) electrons. The van der Waals surface area contributed by atoms with Gasteiger partial charge in [-0.05, 0) is 49.1 Å². The molecule has 2 aliphatic rings. The molecule has 2 fully saturated rings. The van der Waals surface area contributed by atoms with E-state index < -0.39 is 10.0 Å². The van der Waals surface area contributed by atoms with Crippen molar-refractivity contribution >= 4 is 21.8 Å². The van der Waals surface area contributed by atoms with Crippen molar-refractivity contribution in [3.8, 4) is 0 Å². The van der Waals surface area contributed by atoms with E-state index in [-0.39, 0.29) is 6.04 Å². The molecule has 0 spiro atoms. The first kappa shape index (κ1) is 15.3. The predicted octanol–water partition coefficient (Wildman–Crippen LogP) is 2.11. The van der Waals surface area contributed by atoms with Gasteiger partial charge in [0.25, 0.3) is 0 Å². The van der Waals surface area contributed by atoms with Crippen LogP contribution in [-0.2, 0) is 16.6 Å². The Labute approximate surface area is 131 Å². The summed E-state index contributed by atoms with van der Waals surface area (Å²) in [6, 6.07) is 7.97. The van der Waals surface area contributed by atoms with Gasteiger partial charge in [-0.2, -0.15) is 11.8 Å². The minimum Gasteiger partial charge on any atom is -0.309 e. The Morgan fingerprint density at radius 3 is 2.48 bits per heavy atom. The summed E-state index contributed by atoms with van der Waals surface area (Å²) in [4.78, 5) is 0.367. The van der Waals surface area contributed by atoms with Crippen molar-refractivity contribution in [1.82, 2.24) is 10.0 Å². The summed E-state index contributed by atoms with van der Waals surface area (Å²) in [6.07, 6.45) is 4.44. The molecule has 1 atom stereocenters. The van der Waals surface area contributed by atoms with Gasteiger partial charge in [0.2, 0.25) is 10.0 Å². The Hall–Kier alpha value is -0.560. The van der Waals surface area contributed by atoms with Crippen molar-refractivity contribution < 1.29 is 8.42 Å². The van der Waals surface area contributed by atoms with Gasteiger partial charge in [0.1, 0.15) is 0 Å². The second kappa shape index (κ2) is 6.69. The average molecular weight is 326 g/mol. The molecule has 0 aromatic heterocycles. The van der Waals surface area contributed by atoms with Crippen molar-refractivity contribution in [3.63, 3.8) is 0 Å². The van der Waals surface area contributed by atoms with Gasteiger partial charge in [0, 0.05) is 24.4 Å². The van der Waals surface area contributed by atoms with E-state index in [1.165, 1.54) is 24.3 Å². The number of thioether (sulfide) groups is 1. The Morgan fingerprint density at radius 2 is 1.86 bits per heavy atom. The Balaban J connectivity index is 1.55. The zero-order valence-corrected chi connectivity index (χ0v) is 13.7. The molecule has 3 rings (SSSR count). The van der Waals surface area contributed by atoms with E-state index in [1.807, 2.05) is 23.9 Å². The molecule has 1 aliphatic heterocycles. The third kappa shape index (κ3) is 4.45. The van der Waals surface area contributed by atoms with E-state index in [2.05, 4.69) is 10.0 Å². The molecule has 0 unspecified atom stereocenters. The van der Waals surface area contributed by atoms with Crippen LogP contribution in [-0.4, -0.2) is 32.0 Å². The monoisotopic (exact) mass is 326 g/mol.